The molecule has 0 saturated heterocycles. The Hall–Kier alpha value is -1.58. The molecule has 100 valence electrons. The Morgan fingerprint density at radius 3 is 2.67 bits per heavy atom. The van der Waals surface area contributed by atoms with Crippen molar-refractivity contribution < 1.29 is 14.3 Å². The second-order valence-electron chi connectivity index (χ2n) is 5.50. The topological polar surface area (TPSA) is 46.6 Å². The monoisotopic (exact) mass is 251 g/mol. The SMILES string of the molecule is C=CCN1C=CC(=O)CC1(C(=O)OC)C(C)(C)C. The summed E-state index contributed by atoms with van der Waals surface area (Å²) in [5.41, 5.74) is -1.40. The van der Waals surface area contributed by atoms with Crippen LogP contribution in [0.4, 0.5) is 0 Å². The van der Waals surface area contributed by atoms with Crippen LogP contribution in [0.1, 0.15) is 27.2 Å². The number of allylic oxidation sites excluding steroid dienone is 1. The molecule has 1 unspecified atom stereocenters. The minimum absolute atomic E-state index is 0.0596. The van der Waals surface area contributed by atoms with Gasteiger partial charge in [0.15, 0.2) is 5.78 Å². The van der Waals surface area contributed by atoms with Crippen LogP contribution in [0, 0.1) is 5.41 Å². The van der Waals surface area contributed by atoms with Crippen molar-refractivity contribution in [3.8, 4) is 0 Å². The van der Waals surface area contributed by atoms with Gasteiger partial charge in [-0.3, -0.25) is 4.79 Å². The van der Waals surface area contributed by atoms with Gasteiger partial charge in [-0.1, -0.05) is 26.8 Å². The molecular formula is C14H21NO3. The lowest BCUT2D eigenvalue weighted by Gasteiger charge is -2.50. The molecule has 0 spiro atoms. The Labute approximate surface area is 108 Å². The zero-order valence-corrected chi connectivity index (χ0v) is 11.5. The highest BCUT2D eigenvalue weighted by atomic mass is 16.5. The van der Waals surface area contributed by atoms with E-state index in [1.807, 2.05) is 25.7 Å². The molecule has 0 bridgehead atoms. The third-order valence-corrected chi connectivity index (χ3v) is 3.45. The lowest BCUT2D eigenvalue weighted by molar-refractivity contribution is -0.164. The average molecular weight is 251 g/mol. The first kappa shape index (κ1) is 14.5. The van der Waals surface area contributed by atoms with Crippen molar-refractivity contribution in [2.24, 2.45) is 5.41 Å². The molecular weight excluding hydrogens is 230 g/mol. The van der Waals surface area contributed by atoms with Crippen LogP contribution in [0.3, 0.4) is 0 Å². The molecule has 0 aromatic rings. The maximum Gasteiger partial charge on any atom is 0.332 e. The van der Waals surface area contributed by atoms with E-state index < -0.39 is 11.0 Å². The van der Waals surface area contributed by atoms with E-state index in [-0.39, 0.29) is 18.2 Å². The molecule has 0 aromatic carbocycles. The molecule has 0 aliphatic carbocycles. The number of carbonyl (C=O) groups excluding carboxylic acids is 2. The van der Waals surface area contributed by atoms with Gasteiger partial charge < -0.3 is 9.64 Å². The quantitative estimate of drug-likeness (QED) is 0.568. The van der Waals surface area contributed by atoms with E-state index in [1.54, 1.807) is 12.3 Å². The second kappa shape index (κ2) is 4.96. The van der Waals surface area contributed by atoms with E-state index in [2.05, 4.69) is 6.58 Å². The summed E-state index contributed by atoms with van der Waals surface area (Å²) in [5.74, 6) is -0.440. The predicted molar refractivity (Wildman–Crippen MR) is 69.9 cm³/mol. The van der Waals surface area contributed by atoms with Crippen LogP contribution in [-0.2, 0) is 14.3 Å². The van der Waals surface area contributed by atoms with Gasteiger partial charge in [-0.15, -0.1) is 6.58 Å². The van der Waals surface area contributed by atoms with Crippen molar-refractivity contribution in [3.05, 3.63) is 24.9 Å². The molecule has 1 heterocycles. The first-order valence-corrected chi connectivity index (χ1v) is 5.96. The molecule has 1 aliphatic rings. The molecule has 0 N–H and O–H groups in total. The van der Waals surface area contributed by atoms with Crippen molar-refractivity contribution in [1.29, 1.82) is 0 Å². The minimum atomic E-state index is -0.970. The molecule has 0 radical (unpaired) electrons. The van der Waals surface area contributed by atoms with Crippen LogP contribution in [0.15, 0.2) is 24.9 Å². The summed E-state index contributed by atoms with van der Waals surface area (Å²) in [4.78, 5) is 25.9. The second-order valence-corrected chi connectivity index (χ2v) is 5.50. The van der Waals surface area contributed by atoms with Crippen LogP contribution < -0.4 is 0 Å². The van der Waals surface area contributed by atoms with Crippen molar-refractivity contribution in [3.63, 3.8) is 0 Å². The zero-order valence-electron chi connectivity index (χ0n) is 11.5. The summed E-state index contributed by atoms with van der Waals surface area (Å²) in [5, 5.41) is 0. The molecule has 1 atom stereocenters. The maximum atomic E-state index is 12.3. The van der Waals surface area contributed by atoms with E-state index in [1.165, 1.54) is 13.2 Å². The van der Waals surface area contributed by atoms with Gasteiger partial charge in [-0.25, -0.2) is 4.79 Å². The van der Waals surface area contributed by atoms with E-state index in [4.69, 9.17) is 4.74 Å². The smallest absolute Gasteiger partial charge is 0.332 e. The summed E-state index contributed by atoms with van der Waals surface area (Å²) < 4.78 is 4.94. The van der Waals surface area contributed by atoms with E-state index in [9.17, 15) is 9.59 Å². The maximum absolute atomic E-state index is 12.3. The van der Waals surface area contributed by atoms with Gasteiger partial charge in [0, 0.05) is 19.2 Å². The first-order chi connectivity index (χ1) is 8.29. The molecule has 0 saturated carbocycles. The Bertz CT molecular complexity index is 392. The number of hydrogen-bond donors (Lipinski definition) is 0. The largest absolute Gasteiger partial charge is 0.467 e. The summed E-state index contributed by atoms with van der Waals surface area (Å²) in [6.45, 7) is 10.0. The summed E-state index contributed by atoms with van der Waals surface area (Å²) >= 11 is 0. The fourth-order valence-corrected chi connectivity index (χ4v) is 2.43. The number of rotatable bonds is 3. The summed E-state index contributed by atoms with van der Waals surface area (Å²) in [6.07, 6.45) is 5.00. The first-order valence-electron chi connectivity index (χ1n) is 5.96. The average Bonchev–Trinajstić information content (AvgIpc) is 2.29. The molecule has 0 fully saturated rings. The molecule has 1 aliphatic heterocycles. The fourth-order valence-electron chi connectivity index (χ4n) is 2.43. The lowest BCUT2D eigenvalue weighted by atomic mass is 9.68. The molecule has 0 aromatic heterocycles. The van der Waals surface area contributed by atoms with Gasteiger partial charge in [0.25, 0.3) is 0 Å². The predicted octanol–water partition coefficient (Wildman–Crippen LogP) is 1.92. The minimum Gasteiger partial charge on any atom is -0.467 e. The molecule has 1 rings (SSSR count). The van der Waals surface area contributed by atoms with Crippen LogP contribution in [0.5, 0.6) is 0 Å². The summed E-state index contributed by atoms with van der Waals surface area (Å²) in [6, 6.07) is 0. The number of hydrogen-bond acceptors (Lipinski definition) is 4. The number of esters is 1. The van der Waals surface area contributed by atoms with Gasteiger partial charge in [0.05, 0.1) is 7.11 Å². The normalized spacial score (nSPS) is 24.0. The van der Waals surface area contributed by atoms with Crippen molar-refractivity contribution in [2.45, 2.75) is 32.7 Å². The van der Waals surface area contributed by atoms with E-state index in [0.717, 1.165) is 0 Å². The van der Waals surface area contributed by atoms with Gasteiger partial charge in [0.1, 0.15) is 5.54 Å². The number of nitrogens with zero attached hydrogens (tertiary/aromatic N) is 1. The highest BCUT2D eigenvalue weighted by Gasteiger charge is 2.55. The van der Waals surface area contributed by atoms with Crippen LogP contribution in [-0.4, -0.2) is 35.8 Å². The Kier molecular flexibility index (Phi) is 3.99. The Balaban J connectivity index is 3.37. The Morgan fingerprint density at radius 2 is 2.22 bits per heavy atom. The standard InChI is InChI=1S/C14H21NO3/c1-6-8-15-9-7-11(16)10-14(15,12(17)18-5)13(2,3)4/h6-7,9H,1,8,10H2,2-5H3. The molecule has 0 amide bonds. The summed E-state index contributed by atoms with van der Waals surface area (Å²) in [7, 11) is 1.35. The van der Waals surface area contributed by atoms with Crippen LogP contribution in [0.2, 0.25) is 0 Å². The van der Waals surface area contributed by atoms with Gasteiger partial charge in [-0.05, 0) is 11.5 Å². The highest BCUT2D eigenvalue weighted by molar-refractivity contribution is 5.97. The van der Waals surface area contributed by atoms with Gasteiger partial charge in [0.2, 0.25) is 0 Å². The van der Waals surface area contributed by atoms with Crippen molar-refractivity contribution >= 4 is 11.8 Å². The third kappa shape index (κ3) is 2.19. The zero-order chi connectivity index (χ0) is 14.0. The van der Waals surface area contributed by atoms with Crippen LogP contribution >= 0.6 is 0 Å². The van der Waals surface area contributed by atoms with E-state index in [0.29, 0.717) is 6.54 Å². The highest BCUT2D eigenvalue weighted by Crippen LogP contribution is 2.42. The van der Waals surface area contributed by atoms with Gasteiger partial charge in [-0.2, -0.15) is 0 Å². The third-order valence-electron chi connectivity index (χ3n) is 3.45. The molecule has 4 nitrogen and oxygen atoms in total. The number of methoxy groups -OCH3 is 1. The number of ketones is 1. The Morgan fingerprint density at radius 1 is 1.61 bits per heavy atom. The van der Waals surface area contributed by atoms with Crippen molar-refractivity contribution in [1.82, 2.24) is 4.90 Å². The van der Waals surface area contributed by atoms with Gasteiger partial charge >= 0.3 is 5.97 Å². The molecule has 18 heavy (non-hydrogen) atoms. The lowest BCUT2D eigenvalue weighted by Crippen LogP contribution is -2.63. The van der Waals surface area contributed by atoms with Crippen LogP contribution in [0.25, 0.3) is 0 Å². The van der Waals surface area contributed by atoms with Crippen molar-refractivity contribution in [2.75, 3.05) is 13.7 Å². The fraction of sp³-hybridized carbons (Fsp3) is 0.571. The number of ether oxygens (including phenoxy) is 1. The molecule has 4 heteroatoms. The van der Waals surface area contributed by atoms with E-state index >= 15 is 0 Å². The number of carbonyl (C=O) groups is 2.